The minimum Gasteiger partial charge on any atom is -0.423 e. The summed E-state index contributed by atoms with van der Waals surface area (Å²) in [5.41, 5.74) is 2.65. The first-order valence-electron chi connectivity index (χ1n) is 11.1. The van der Waals surface area contributed by atoms with Crippen LogP contribution in [-0.4, -0.2) is 18.9 Å². The van der Waals surface area contributed by atoms with E-state index < -0.39 is 12.3 Å². The molecule has 0 saturated heterocycles. The fourth-order valence-electron chi connectivity index (χ4n) is 4.09. The van der Waals surface area contributed by atoms with Crippen molar-refractivity contribution in [2.75, 3.05) is 6.61 Å². The van der Waals surface area contributed by atoms with E-state index in [0.717, 1.165) is 18.4 Å². The molecule has 1 fully saturated rings. The molecule has 1 aliphatic rings. The largest absolute Gasteiger partial charge is 0.522 e. The first-order chi connectivity index (χ1) is 15.3. The Kier molecular flexibility index (Phi) is 8.51. The maximum atomic E-state index is 12.4. The number of halogens is 3. The summed E-state index contributed by atoms with van der Waals surface area (Å²) in [7, 11) is 0. The highest BCUT2D eigenvalue weighted by molar-refractivity contribution is 5.91. The van der Waals surface area contributed by atoms with Crippen LogP contribution in [0.5, 0.6) is 5.75 Å². The van der Waals surface area contributed by atoms with Crippen molar-refractivity contribution in [3.05, 3.63) is 77.9 Å². The SMILES string of the molecule is C=CC1CCC(c2ccc(OC(=O)c3ccc(CCCCOC(F)(F)F)cc3)cc2)CC1. The third kappa shape index (κ3) is 7.52. The van der Waals surface area contributed by atoms with Crippen molar-refractivity contribution < 1.29 is 27.4 Å². The highest BCUT2D eigenvalue weighted by atomic mass is 19.4. The molecule has 1 saturated carbocycles. The molecule has 0 aliphatic heterocycles. The number of ether oxygens (including phenoxy) is 2. The van der Waals surface area contributed by atoms with E-state index in [-0.39, 0.29) is 6.61 Å². The van der Waals surface area contributed by atoms with Crippen LogP contribution in [0, 0.1) is 5.92 Å². The van der Waals surface area contributed by atoms with Crippen molar-refractivity contribution in [1.82, 2.24) is 0 Å². The Morgan fingerprint density at radius 2 is 1.62 bits per heavy atom. The summed E-state index contributed by atoms with van der Waals surface area (Å²) < 4.78 is 45.1. The molecule has 0 heterocycles. The zero-order chi connectivity index (χ0) is 23.0. The molecule has 1 aliphatic carbocycles. The molecular weight excluding hydrogens is 417 g/mol. The van der Waals surface area contributed by atoms with Gasteiger partial charge in [-0.2, -0.15) is 0 Å². The normalized spacial score (nSPS) is 18.8. The van der Waals surface area contributed by atoms with Gasteiger partial charge in [-0.3, -0.25) is 4.74 Å². The lowest BCUT2D eigenvalue weighted by molar-refractivity contribution is -0.324. The van der Waals surface area contributed by atoms with Gasteiger partial charge < -0.3 is 4.74 Å². The van der Waals surface area contributed by atoms with Crippen molar-refractivity contribution in [2.24, 2.45) is 5.92 Å². The van der Waals surface area contributed by atoms with Gasteiger partial charge in [-0.1, -0.05) is 30.3 Å². The highest BCUT2D eigenvalue weighted by Crippen LogP contribution is 2.36. The van der Waals surface area contributed by atoms with Crippen molar-refractivity contribution in [3.63, 3.8) is 0 Å². The summed E-state index contributed by atoms with van der Waals surface area (Å²) in [6.45, 7) is 3.55. The number of aryl methyl sites for hydroxylation is 1. The van der Waals surface area contributed by atoms with Crippen LogP contribution in [0.25, 0.3) is 0 Å². The van der Waals surface area contributed by atoms with E-state index in [9.17, 15) is 18.0 Å². The summed E-state index contributed by atoms with van der Waals surface area (Å²) in [6.07, 6.45) is 3.62. The molecule has 0 amide bonds. The number of hydrogen-bond acceptors (Lipinski definition) is 3. The van der Waals surface area contributed by atoms with E-state index in [4.69, 9.17) is 4.74 Å². The van der Waals surface area contributed by atoms with Crippen molar-refractivity contribution in [1.29, 1.82) is 0 Å². The molecule has 6 heteroatoms. The lowest BCUT2D eigenvalue weighted by Crippen LogP contribution is -2.14. The maximum absolute atomic E-state index is 12.4. The number of esters is 1. The molecule has 0 radical (unpaired) electrons. The molecule has 0 spiro atoms. The van der Waals surface area contributed by atoms with Gasteiger partial charge >= 0.3 is 12.3 Å². The number of alkyl halides is 3. The monoisotopic (exact) mass is 446 g/mol. The van der Waals surface area contributed by atoms with Gasteiger partial charge in [-0.15, -0.1) is 19.8 Å². The first kappa shape index (κ1) is 24.1. The van der Waals surface area contributed by atoms with E-state index in [0.29, 0.717) is 42.4 Å². The second kappa shape index (κ2) is 11.3. The minimum absolute atomic E-state index is 0.314. The Hall–Kier alpha value is -2.60. The number of allylic oxidation sites excluding steroid dienone is 1. The van der Waals surface area contributed by atoms with Crippen LogP contribution in [0.3, 0.4) is 0 Å². The molecule has 3 rings (SSSR count). The molecule has 2 aromatic carbocycles. The van der Waals surface area contributed by atoms with Gasteiger partial charge in [0, 0.05) is 0 Å². The quantitative estimate of drug-likeness (QED) is 0.176. The zero-order valence-corrected chi connectivity index (χ0v) is 18.1. The number of benzene rings is 2. The smallest absolute Gasteiger partial charge is 0.423 e. The van der Waals surface area contributed by atoms with Crippen LogP contribution < -0.4 is 4.74 Å². The fourth-order valence-corrected chi connectivity index (χ4v) is 4.09. The number of unbranched alkanes of at least 4 members (excludes halogenated alkanes) is 1. The van der Waals surface area contributed by atoms with Gasteiger partial charge in [0.15, 0.2) is 0 Å². The molecule has 2 aromatic rings. The van der Waals surface area contributed by atoms with Gasteiger partial charge in [0.05, 0.1) is 12.2 Å². The predicted octanol–water partition coefficient (Wildman–Crippen LogP) is 7.22. The summed E-state index contributed by atoms with van der Waals surface area (Å²) in [6, 6.07) is 14.7. The molecule has 0 unspecified atom stereocenters. The van der Waals surface area contributed by atoms with E-state index in [1.807, 2.05) is 24.3 Å². The van der Waals surface area contributed by atoms with Crippen LogP contribution >= 0.6 is 0 Å². The highest BCUT2D eigenvalue weighted by Gasteiger charge is 2.28. The molecule has 32 heavy (non-hydrogen) atoms. The van der Waals surface area contributed by atoms with Crippen molar-refractivity contribution in [2.45, 2.75) is 57.2 Å². The van der Waals surface area contributed by atoms with Crippen LogP contribution in [0.2, 0.25) is 0 Å². The maximum Gasteiger partial charge on any atom is 0.522 e. The summed E-state index contributed by atoms with van der Waals surface area (Å²) in [4.78, 5) is 12.4. The molecule has 0 N–H and O–H groups in total. The van der Waals surface area contributed by atoms with E-state index in [1.165, 1.54) is 18.4 Å². The second-order valence-electron chi connectivity index (χ2n) is 8.25. The average molecular weight is 447 g/mol. The summed E-state index contributed by atoms with van der Waals surface area (Å²) in [5.74, 6) is 1.24. The molecular formula is C26H29F3O3. The Morgan fingerprint density at radius 3 is 2.22 bits per heavy atom. The number of carbonyl (C=O) groups is 1. The number of hydrogen-bond donors (Lipinski definition) is 0. The van der Waals surface area contributed by atoms with Gasteiger partial charge in [0.25, 0.3) is 0 Å². The molecule has 172 valence electrons. The number of carbonyl (C=O) groups excluding carboxylic acids is 1. The van der Waals surface area contributed by atoms with Crippen LogP contribution in [0.15, 0.2) is 61.2 Å². The fraction of sp³-hybridized carbons (Fsp3) is 0.423. The van der Waals surface area contributed by atoms with Gasteiger partial charge in [0.1, 0.15) is 5.75 Å². The summed E-state index contributed by atoms with van der Waals surface area (Å²) >= 11 is 0. The number of rotatable bonds is 9. The van der Waals surface area contributed by atoms with Crippen LogP contribution in [0.4, 0.5) is 13.2 Å². The Morgan fingerprint density at radius 1 is 0.969 bits per heavy atom. The standard InChI is InChI=1S/C26H29F3O3/c1-2-19-6-10-21(11-7-19)22-14-16-24(17-15-22)32-25(30)23-12-8-20(9-13-23)5-3-4-18-31-26(27,28)29/h2,8-9,12-17,19,21H,1,3-7,10-11,18H2. The first-order valence-corrected chi connectivity index (χ1v) is 11.1. The van der Waals surface area contributed by atoms with Crippen LogP contribution in [0.1, 0.15) is 65.9 Å². The second-order valence-corrected chi connectivity index (χ2v) is 8.25. The zero-order valence-electron chi connectivity index (χ0n) is 18.1. The Balaban J connectivity index is 1.44. The van der Waals surface area contributed by atoms with E-state index in [2.05, 4.69) is 17.4 Å². The predicted molar refractivity (Wildman–Crippen MR) is 118 cm³/mol. The average Bonchev–Trinajstić information content (AvgIpc) is 2.79. The van der Waals surface area contributed by atoms with Gasteiger partial charge in [0.2, 0.25) is 0 Å². The third-order valence-electron chi connectivity index (χ3n) is 5.98. The van der Waals surface area contributed by atoms with Crippen molar-refractivity contribution >= 4 is 5.97 Å². The minimum atomic E-state index is -4.58. The lowest BCUT2D eigenvalue weighted by Gasteiger charge is -2.26. The topological polar surface area (TPSA) is 35.5 Å². The third-order valence-corrected chi connectivity index (χ3v) is 5.98. The van der Waals surface area contributed by atoms with Crippen LogP contribution in [-0.2, 0) is 11.2 Å². The van der Waals surface area contributed by atoms with Gasteiger partial charge in [-0.25, -0.2) is 4.79 Å². The van der Waals surface area contributed by atoms with Gasteiger partial charge in [-0.05, 0) is 92.2 Å². The Labute approximate surface area is 187 Å². The molecule has 0 aromatic heterocycles. The lowest BCUT2D eigenvalue weighted by atomic mass is 9.79. The molecule has 0 bridgehead atoms. The van der Waals surface area contributed by atoms with E-state index in [1.54, 1.807) is 24.3 Å². The molecule has 3 nitrogen and oxygen atoms in total. The summed E-state index contributed by atoms with van der Waals surface area (Å²) in [5, 5.41) is 0. The van der Waals surface area contributed by atoms with E-state index >= 15 is 0 Å². The van der Waals surface area contributed by atoms with Crippen molar-refractivity contribution in [3.8, 4) is 5.75 Å². The molecule has 0 atom stereocenters. The Bertz CT molecular complexity index is 865.